The van der Waals surface area contributed by atoms with Crippen LogP contribution >= 0.6 is 0 Å². The van der Waals surface area contributed by atoms with E-state index in [-0.39, 0.29) is 0 Å². The predicted octanol–water partition coefficient (Wildman–Crippen LogP) is 1.94. The molecule has 25 heavy (non-hydrogen) atoms. The van der Waals surface area contributed by atoms with Gasteiger partial charge < -0.3 is 35.1 Å². The van der Waals surface area contributed by atoms with Crippen molar-refractivity contribution in [2.45, 2.75) is 32.7 Å². The molecule has 0 fully saturated rings. The molecule has 0 radical (unpaired) electrons. The first-order valence-electron chi connectivity index (χ1n) is 7.68. The van der Waals surface area contributed by atoms with Gasteiger partial charge in [0.05, 0.1) is 0 Å². The first-order chi connectivity index (χ1) is 11.5. The molecule has 0 saturated heterocycles. The maximum atomic E-state index is 6.25. The summed E-state index contributed by atoms with van der Waals surface area (Å²) < 4.78 is 45.0. The molecule has 0 aliphatic carbocycles. The Bertz CT molecular complexity index is 413. The van der Waals surface area contributed by atoms with Crippen molar-refractivity contribution in [3.63, 3.8) is 0 Å². The molecule has 0 aromatic heterocycles. The highest BCUT2D eigenvalue weighted by Gasteiger charge is 2.47. The van der Waals surface area contributed by atoms with Crippen molar-refractivity contribution in [2.75, 3.05) is 28.4 Å². The minimum absolute atomic E-state index is 0.802. The van der Waals surface area contributed by atoms with Crippen molar-refractivity contribution in [3.05, 3.63) is 24.6 Å². The van der Waals surface area contributed by atoms with Crippen LogP contribution in [-0.2, 0) is 35.1 Å². The summed E-state index contributed by atoms with van der Waals surface area (Å²) in [5.74, 6) is 0. The fourth-order valence-electron chi connectivity index (χ4n) is 2.08. The molecule has 0 rings (SSSR count). The number of rotatable bonds is 14. The highest BCUT2D eigenvalue weighted by molar-refractivity contribution is 6.86. The highest BCUT2D eigenvalue weighted by atomic mass is 28.5. The summed E-state index contributed by atoms with van der Waals surface area (Å²) in [6.07, 6.45) is 0. The highest BCUT2D eigenvalue weighted by Crippen LogP contribution is 2.23. The van der Waals surface area contributed by atoms with E-state index < -0.39 is 41.7 Å². The van der Waals surface area contributed by atoms with E-state index >= 15 is 0 Å². The molecular formula is C13H32O8Si4. The van der Waals surface area contributed by atoms with Gasteiger partial charge in [0.1, 0.15) is 0 Å². The Morgan fingerprint density at radius 1 is 0.840 bits per heavy atom. The van der Waals surface area contributed by atoms with Crippen LogP contribution in [0.25, 0.3) is 0 Å². The second-order valence-electron chi connectivity index (χ2n) is 5.84. The third kappa shape index (κ3) is 8.98. The number of ether oxygens (including phenoxy) is 2. The molecule has 0 aliphatic rings. The van der Waals surface area contributed by atoms with Gasteiger partial charge in [-0.15, -0.1) is 6.58 Å². The van der Waals surface area contributed by atoms with Gasteiger partial charge in [-0.2, -0.15) is 0 Å². The van der Waals surface area contributed by atoms with Gasteiger partial charge in [0.2, 0.25) is 0 Å². The standard InChI is InChI=1S/C13H32O8Si4/c1-11-22(18-13(14-3)15-4)19-23(7,8)20-24(9,10)21-25(12-2,16-5)17-6/h11-13,22H,1-2H2,3-10H3. The minimum Gasteiger partial charge on any atom is -0.416 e. The van der Waals surface area contributed by atoms with Gasteiger partial charge in [-0.05, 0) is 31.9 Å². The summed E-state index contributed by atoms with van der Waals surface area (Å²) in [4.78, 5) is 0. The topological polar surface area (TPSA) is 73.8 Å². The van der Waals surface area contributed by atoms with Crippen molar-refractivity contribution >= 4 is 35.2 Å². The van der Waals surface area contributed by atoms with Crippen LogP contribution in [0.2, 0.25) is 26.2 Å². The van der Waals surface area contributed by atoms with Crippen LogP contribution in [0.5, 0.6) is 0 Å². The van der Waals surface area contributed by atoms with Gasteiger partial charge in [0.25, 0.3) is 6.48 Å². The van der Waals surface area contributed by atoms with Gasteiger partial charge in [0.15, 0.2) is 0 Å². The molecule has 0 aliphatic heterocycles. The lowest BCUT2D eigenvalue weighted by atomic mass is 11.2. The summed E-state index contributed by atoms with van der Waals surface area (Å²) >= 11 is 0. The Labute approximate surface area is 156 Å². The molecule has 1 unspecified atom stereocenters. The van der Waals surface area contributed by atoms with E-state index in [1.807, 2.05) is 26.2 Å². The summed E-state index contributed by atoms with van der Waals surface area (Å²) in [6, 6.07) is 0. The first-order valence-corrected chi connectivity index (χ1v) is 16.7. The average Bonchev–Trinajstić information content (AvgIpc) is 2.55. The monoisotopic (exact) mass is 428 g/mol. The van der Waals surface area contributed by atoms with Crippen molar-refractivity contribution in [3.8, 4) is 0 Å². The normalized spacial score (nSPS) is 14.6. The second kappa shape index (κ2) is 11.0. The Morgan fingerprint density at radius 3 is 1.72 bits per heavy atom. The number of hydrogen-bond acceptors (Lipinski definition) is 8. The molecule has 0 bridgehead atoms. The van der Waals surface area contributed by atoms with E-state index in [1.165, 1.54) is 28.4 Å². The third-order valence-electron chi connectivity index (χ3n) is 2.92. The summed E-state index contributed by atoms with van der Waals surface area (Å²) in [5.41, 5.74) is 3.22. The molecule has 0 heterocycles. The predicted molar refractivity (Wildman–Crippen MR) is 104 cm³/mol. The van der Waals surface area contributed by atoms with E-state index in [0.29, 0.717) is 0 Å². The second-order valence-corrected chi connectivity index (χ2v) is 17.9. The molecule has 0 aromatic carbocycles. The molecule has 0 saturated carbocycles. The van der Waals surface area contributed by atoms with E-state index in [0.717, 1.165) is 0 Å². The lowest BCUT2D eigenvalue weighted by Gasteiger charge is -2.38. The van der Waals surface area contributed by atoms with Crippen molar-refractivity contribution < 1.29 is 35.1 Å². The number of methoxy groups -OCH3 is 2. The minimum atomic E-state index is -2.95. The van der Waals surface area contributed by atoms with Crippen LogP contribution in [0.1, 0.15) is 0 Å². The summed E-state index contributed by atoms with van der Waals surface area (Å²) in [6.45, 7) is 14.4. The first kappa shape index (κ1) is 25.0. The van der Waals surface area contributed by atoms with Gasteiger partial charge in [-0.25, -0.2) is 0 Å². The van der Waals surface area contributed by atoms with Crippen molar-refractivity contribution in [1.82, 2.24) is 0 Å². The SMILES string of the molecule is C=C[SiH](OC(OC)OC)O[Si](C)(C)O[Si](C)(C)O[Si](C=C)(OC)OC. The average molecular weight is 429 g/mol. The summed E-state index contributed by atoms with van der Waals surface area (Å²) in [7, 11) is -4.37. The molecule has 0 amide bonds. The van der Waals surface area contributed by atoms with E-state index in [1.54, 1.807) is 11.4 Å². The molecule has 0 spiro atoms. The van der Waals surface area contributed by atoms with Crippen LogP contribution in [0.4, 0.5) is 0 Å². The maximum Gasteiger partial charge on any atom is 0.519 e. The largest absolute Gasteiger partial charge is 0.519 e. The Kier molecular flexibility index (Phi) is 11.0. The fourth-order valence-corrected chi connectivity index (χ4v) is 15.6. The number of hydrogen-bond donors (Lipinski definition) is 0. The molecule has 1 atom stereocenters. The van der Waals surface area contributed by atoms with Crippen LogP contribution in [0.3, 0.4) is 0 Å². The van der Waals surface area contributed by atoms with Gasteiger partial charge in [-0.3, -0.25) is 0 Å². The lowest BCUT2D eigenvalue weighted by molar-refractivity contribution is -0.225. The van der Waals surface area contributed by atoms with Crippen LogP contribution in [0, 0.1) is 0 Å². The van der Waals surface area contributed by atoms with Gasteiger partial charge in [0, 0.05) is 28.4 Å². The van der Waals surface area contributed by atoms with Crippen LogP contribution in [0.15, 0.2) is 24.6 Å². The van der Waals surface area contributed by atoms with Crippen LogP contribution < -0.4 is 0 Å². The van der Waals surface area contributed by atoms with E-state index in [2.05, 4.69) is 13.2 Å². The lowest BCUT2D eigenvalue weighted by Crippen LogP contribution is -2.57. The zero-order valence-electron chi connectivity index (χ0n) is 16.5. The van der Waals surface area contributed by atoms with Gasteiger partial charge in [-0.1, -0.05) is 12.3 Å². The smallest absolute Gasteiger partial charge is 0.416 e. The maximum absolute atomic E-state index is 6.25. The summed E-state index contributed by atoms with van der Waals surface area (Å²) in [5, 5.41) is 0. The fraction of sp³-hybridized carbons (Fsp3) is 0.692. The van der Waals surface area contributed by atoms with Crippen molar-refractivity contribution in [1.29, 1.82) is 0 Å². The zero-order chi connectivity index (χ0) is 19.7. The molecular weight excluding hydrogens is 396 g/mol. The van der Waals surface area contributed by atoms with Gasteiger partial charge >= 0.3 is 35.2 Å². The Balaban J connectivity index is 5.01. The molecule has 0 N–H and O–H groups in total. The quantitative estimate of drug-likeness (QED) is 0.307. The van der Waals surface area contributed by atoms with E-state index in [4.69, 9.17) is 35.1 Å². The molecule has 148 valence electrons. The molecule has 8 nitrogen and oxygen atoms in total. The van der Waals surface area contributed by atoms with Crippen LogP contribution in [-0.4, -0.2) is 70.1 Å². The molecule has 12 heteroatoms. The van der Waals surface area contributed by atoms with E-state index in [9.17, 15) is 0 Å². The Morgan fingerprint density at radius 2 is 1.36 bits per heavy atom. The molecule has 0 aromatic rings. The zero-order valence-corrected chi connectivity index (χ0v) is 20.6. The van der Waals surface area contributed by atoms with Crippen molar-refractivity contribution in [2.24, 2.45) is 0 Å². The third-order valence-corrected chi connectivity index (χ3v) is 15.7. The Hall–Kier alpha value is 0.0275.